The minimum absolute atomic E-state index is 0.124. The molecular formula is C32H24ClN3O2. The minimum atomic E-state index is -0.319. The van der Waals surface area contributed by atoms with E-state index in [0.717, 1.165) is 27.6 Å². The Morgan fingerprint density at radius 2 is 1.53 bits per heavy atom. The maximum atomic E-state index is 13.6. The van der Waals surface area contributed by atoms with Crippen LogP contribution in [-0.4, -0.2) is 21.6 Å². The molecule has 1 atom stereocenters. The summed E-state index contributed by atoms with van der Waals surface area (Å²) in [6, 6.07) is 34.3. The zero-order valence-corrected chi connectivity index (χ0v) is 21.2. The average molecular weight is 518 g/mol. The van der Waals surface area contributed by atoms with Gasteiger partial charge in [-0.2, -0.15) is 5.10 Å². The van der Waals surface area contributed by atoms with Gasteiger partial charge in [0.2, 0.25) is 5.91 Å². The number of nitrogens with one attached hydrogen (secondary N) is 1. The van der Waals surface area contributed by atoms with Gasteiger partial charge in [0.15, 0.2) is 0 Å². The summed E-state index contributed by atoms with van der Waals surface area (Å²) in [6.45, 7) is 0. The van der Waals surface area contributed by atoms with Gasteiger partial charge in [-0.15, -0.1) is 0 Å². The minimum Gasteiger partial charge on any atom is -0.321 e. The summed E-state index contributed by atoms with van der Waals surface area (Å²) in [5, 5.41) is 7.78. The number of hydrogen-bond donors (Lipinski definition) is 1. The van der Waals surface area contributed by atoms with Crippen LogP contribution in [-0.2, 0) is 11.2 Å². The summed E-state index contributed by atoms with van der Waals surface area (Å²) in [7, 11) is 0. The molecule has 1 aliphatic heterocycles. The first kappa shape index (κ1) is 23.9. The number of benzene rings is 4. The smallest absolute Gasteiger partial charge is 0.258 e. The molecule has 1 aliphatic rings. The van der Waals surface area contributed by atoms with Crippen molar-refractivity contribution in [2.45, 2.75) is 18.9 Å². The highest BCUT2D eigenvalue weighted by Gasteiger charge is 2.35. The SMILES string of the molecule is O=C(Cc1ccccc1)N1N=C(c2c(-c3ccccc3)c3cc(Cl)ccc3[nH]c2=O)CC1c1ccccc1. The van der Waals surface area contributed by atoms with Gasteiger partial charge in [-0.05, 0) is 34.9 Å². The lowest BCUT2D eigenvalue weighted by Gasteiger charge is -2.22. The van der Waals surface area contributed by atoms with E-state index in [9.17, 15) is 9.59 Å². The molecule has 1 aromatic heterocycles. The summed E-state index contributed by atoms with van der Waals surface area (Å²) < 4.78 is 0. The molecule has 0 fully saturated rings. The van der Waals surface area contributed by atoms with Crippen molar-refractivity contribution >= 4 is 34.1 Å². The lowest BCUT2D eigenvalue weighted by atomic mass is 9.91. The maximum absolute atomic E-state index is 13.6. The highest BCUT2D eigenvalue weighted by molar-refractivity contribution is 6.31. The average Bonchev–Trinajstić information content (AvgIpc) is 3.39. The fourth-order valence-corrected chi connectivity index (χ4v) is 5.29. The first-order valence-electron chi connectivity index (χ1n) is 12.5. The molecule has 1 N–H and O–H groups in total. The van der Waals surface area contributed by atoms with E-state index in [1.54, 1.807) is 11.1 Å². The molecule has 38 heavy (non-hydrogen) atoms. The Balaban J connectivity index is 1.52. The lowest BCUT2D eigenvalue weighted by molar-refractivity contribution is -0.132. The number of amides is 1. The van der Waals surface area contributed by atoms with Crippen molar-refractivity contribution in [3.63, 3.8) is 0 Å². The van der Waals surface area contributed by atoms with Gasteiger partial charge in [-0.1, -0.05) is 103 Å². The molecule has 1 unspecified atom stereocenters. The van der Waals surface area contributed by atoms with Crippen LogP contribution in [0.15, 0.2) is 119 Å². The van der Waals surface area contributed by atoms with E-state index >= 15 is 0 Å². The molecule has 0 saturated heterocycles. The maximum Gasteiger partial charge on any atom is 0.258 e. The number of hydrazone groups is 1. The Labute approximate surface area is 225 Å². The molecule has 6 rings (SSSR count). The number of aromatic amines is 1. The fraction of sp³-hybridized carbons (Fsp3) is 0.0938. The van der Waals surface area contributed by atoms with E-state index in [1.807, 2.05) is 103 Å². The van der Waals surface area contributed by atoms with E-state index in [1.165, 1.54) is 0 Å². The third-order valence-corrected chi connectivity index (χ3v) is 7.11. The van der Waals surface area contributed by atoms with Crippen LogP contribution < -0.4 is 5.56 Å². The summed E-state index contributed by atoms with van der Waals surface area (Å²) in [4.78, 5) is 30.2. The van der Waals surface area contributed by atoms with Crippen molar-refractivity contribution in [3.8, 4) is 11.1 Å². The second-order valence-corrected chi connectivity index (χ2v) is 9.77. The second-order valence-electron chi connectivity index (χ2n) is 9.34. The quantitative estimate of drug-likeness (QED) is 0.279. The lowest BCUT2D eigenvalue weighted by Crippen LogP contribution is -2.28. The van der Waals surface area contributed by atoms with E-state index in [0.29, 0.717) is 28.2 Å². The third kappa shape index (κ3) is 4.53. The molecule has 0 bridgehead atoms. The molecule has 0 saturated carbocycles. The summed E-state index contributed by atoms with van der Waals surface area (Å²) in [5.41, 5.74) is 5.00. The molecule has 5 nitrogen and oxygen atoms in total. The van der Waals surface area contributed by atoms with Crippen LogP contribution in [0.3, 0.4) is 0 Å². The van der Waals surface area contributed by atoms with Crippen LogP contribution in [0, 0.1) is 0 Å². The van der Waals surface area contributed by atoms with Crippen LogP contribution in [0.4, 0.5) is 0 Å². The topological polar surface area (TPSA) is 65.5 Å². The van der Waals surface area contributed by atoms with Crippen molar-refractivity contribution in [1.29, 1.82) is 0 Å². The van der Waals surface area contributed by atoms with Crippen LogP contribution >= 0.6 is 11.6 Å². The fourth-order valence-electron chi connectivity index (χ4n) is 5.12. The normalized spacial score (nSPS) is 15.0. The number of carbonyl (C=O) groups excluding carboxylic acids is 1. The van der Waals surface area contributed by atoms with Crippen LogP contribution in [0.25, 0.3) is 22.0 Å². The van der Waals surface area contributed by atoms with Crippen molar-refractivity contribution in [2.24, 2.45) is 5.10 Å². The number of H-pyrrole nitrogens is 1. The Morgan fingerprint density at radius 1 is 0.868 bits per heavy atom. The molecule has 4 aromatic carbocycles. The number of carbonyl (C=O) groups is 1. The van der Waals surface area contributed by atoms with E-state index in [-0.39, 0.29) is 23.9 Å². The number of nitrogens with zero attached hydrogens (tertiary/aromatic N) is 2. The van der Waals surface area contributed by atoms with Crippen molar-refractivity contribution in [1.82, 2.24) is 9.99 Å². The van der Waals surface area contributed by atoms with E-state index in [2.05, 4.69) is 4.98 Å². The molecule has 0 radical (unpaired) electrons. The molecule has 2 heterocycles. The van der Waals surface area contributed by atoms with Gasteiger partial charge in [-0.3, -0.25) is 9.59 Å². The monoisotopic (exact) mass is 517 g/mol. The van der Waals surface area contributed by atoms with Crippen LogP contribution in [0.1, 0.15) is 29.2 Å². The molecule has 1 amide bonds. The van der Waals surface area contributed by atoms with Crippen molar-refractivity contribution in [2.75, 3.05) is 0 Å². The number of fused-ring (bicyclic) bond motifs is 1. The molecular weight excluding hydrogens is 494 g/mol. The van der Waals surface area contributed by atoms with Crippen LogP contribution in [0.2, 0.25) is 5.02 Å². The second kappa shape index (κ2) is 10.1. The predicted octanol–water partition coefficient (Wildman–Crippen LogP) is 6.77. The van der Waals surface area contributed by atoms with E-state index in [4.69, 9.17) is 16.7 Å². The summed E-state index contributed by atoms with van der Waals surface area (Å²) in [5.74, 6) is -0.124. The predicted molar refractivity (Wildman–Crippen MR) is 152 cm³/mol. The first-order chi connectivity index (χ1) is 18.6. The van der Waals surface area contributed by atoms with Gasteiger partial charge in [0.25, 0.3) is 5.56 Å². The highest BCUT2D eigenvalue weighted by atomic mass is 35.5. The zero-order valence-electron chi connectivity index (χ0n) is 20.5. The zero-order chi connectivity index (χ0) is 26.1. The third-order valence-electron chi connectivity index (χ3n) is 6.88. The van der Waals surface area contributed by atoms with Crippen molar-refractivity contribution in [3.05, 3.63) is 141 Å². The Bertz CT molecular complexity index is 1710. The largest absolute Gasteiger partial charge is 0.321 e. The van der Waals surface area contributed by atoms with Gasteiger partial charge >= 0.3 is 0 Å². The Hall–Kier alpha value is -4.48. The first-order valence-corrected chi connectivity index (χ1v) is 12.9. The number of hydrogen-bond acceptors (Lipinski definition) is 3. The molecule has 0 spiro atoms. The number of rotatable bonds is 5. The Morgan fingerprint density at radius 3 is 2.24 bits per heavy atom. The summed E-state index contributed by atoms with van der Waals surface area (Å²) >= 11 is 6.40. The van der Waals surface area contributed by atoms with Gasteiger partial charge < -0.3 is 4.98 Å². The van der Waals surface area contributed by atoms with Gasteiger partial charge in [0, 0.05) is 27.9 Å². The Kier molecular flexibility index (Phi) is 6.36. The van der Waals surface area contributed by atoms with Crippen molar-refractivity contribution < 1.29 is 4.79 Å². The van der Waals surface area contributed by atoms with E-state index < -0.39 is 0 Å². The number of pyridine rings is 1. The number of halogens is 1. The summed E-state index contributed by atoms with van der Waals surface area (Å²) in [6.07, 6.45) is 0.635. The highest BCUT2D eigenvalue weighted by Crippen LogP contribution is 2.37. The van der Waals surface area contributed by atoms with Gasteiger partial charge in [-0.25, -0.2) is 5.01 Å². The van der Waals surface area contributed by atoms with Crippen LogP contribution in [0.5, 0.6) is 0 Å². The van der Waals surface area contributed by atoms with Gasteiger partial charge in [0.05, 0.1) is 23.7 Å². The molecule has 6 heteroatoms. The molecule has 5 aromatic rings. The molecule has 186 valence electrons. The van der Waals surface area contributed by atoms with Gasteiger partial charge in [0.1, 0.15) is 0 Å². The number of aromatic nitrogens is 1. The molecule has 0 aliphatic carbocycles. The standard InChI is InChI=1S/C32H24ClN3O2/c33-24-16-17-26-25(19-24)30(23-14-8-3-9-15-23)31(32(38)34-26)27-20-28(22-12-6-2-7-13-22)36(35-27)29(37)18-21-10-4-1-5-11-21/h1-17,19,28H,18,20H2,(H,34,38).